The number of ether oxygens (including phenoxy) is 2. The molecule has 0 unspecified atom stereocenters. The minimum absolute atomic E-state index is 0.0973. The van der Waals surface area contributed by atoms with Crippen LogP contribution in [0.25, 0.3) is 0 Å². The summed E-state index contributed by atoms with van der Waals surface area (Å²) in [4.78, 5) is 11.5. The number of fused-ring (bicyclic) bond motifs is 2. The highest BCUT2D eigenvalue weighted by Crippen LogP contribution is 2.56. The van der Waals surface area contributed by atoms with Gasteiger partial charge in [-0.05, 0) is 19.3 Å². The Labute approximate surface area is 77.4 Å². The van der Waals surface area contributed by atoms with Crippen molar-refractivity contribution in [3.8, 4) is 0 Å². The summed E-state index contributed by atoms with van der Waals surface area (Å²) in [6.07, 6.45) is 2.26. The third-order valence-corrected chi connectivity index (χ3v) is 3.30. The van der Waals surface area contributed by atoms with Gasteiger partial charge in [-0.3, -0.25) is 4.79 Å². The van der Waals surface area contributed by atoms with Crippen LogP contribution in [-0.4, -0.2) is 31.8 Å². The molecule has 0 radical (unpaired) electrons. The Bertz CT molecular complexity index is 233. The second-order valence-electron chi connectivity index (χ2n) is 4.11. The van der Waals surface area contributed by atoms with E-state index in [1.54, 1.807) is 0 Å². The predicted molar refractivity (Wildman–Crippen MR) is 46.0 cm³/mol. The molecule has 2 aliphatic heterocycles. The number of hydrogen-bond donors (Lipinski definition) is 1. The average molecular weight is 185 g/mol. The molecule has 3 rings (SSSR count). The van der Waals surface area contributed by atoms with E-state index in [2.05, 4.69) is 0 Å². The van der Waals surface area contributed by atoms with Gasteiger partial charge in [0.2, 0.25) is 0 Å². The van der Waals surface area contributed by atoms with Gasteiger partial charge in [-0.1, -0.05) is 0 Å². The molecule has 1 saturated carbocycles. The van der Waals surface area contributed by atoms with Crippen LogP contribution in [0, 0.1) is 5.41 Å². The Balaban J connectivity index is 2.10. The summed E-state index contributed by atoms with van der Waals surface area (Å²) in [5.41, 5.74) is 5.11. The van der Waals surface area contributed by atoms with Gasteiger partial charge in [-0.25, -0.2) is 0 Å². The largest absolute Gasteiger partial charge is 0.469 e. The number of rotatable bonds is 2. The number of esters is 1. The molecule has 13 heavy (non-hydrogen) atoms. The molecule has 74 valence electrons. The SMILES string of the molecule is COC(=O)C12CCOC(CN)(C1)C2. The van der Waals surface area contributed by atoms with Crippen LogP contribution in [0.4, 0.5) is 0 Å². The summed E-state index contributed by atoms with van der Waals surface area (Å²) in [6, 6.07) is 0. The van der Waals surface area contributed by atoms with Gasteiger partial charge in [0.1, 0.15) is 0 Å². The van der Waals surface area contributed by atoms with Crippen molar-refractivity contribution >= 4 is 5.97 Å². The molecule has 2 N–H and O–H groups in total. The first-order valence-corrected chi connectivity index (χ1v) is 4.59. The standard InChI is InChI=1S/C9H15NO3/c1-12-7(11)8-2-3-13-9(4-8,5-8)6-10/h2-6,10H2,1H3. The monoisotopic (exact) mass is 185 g/mol. The second-order valence-corrected chi connectivity index (χ2v) is 4.11. The normalized spacial score (nSPS) is 42.3. The average Bonchev–Trinajstić information content (AvgIpc) is 2.15. The highest BCUT2D eigenvalue weighted by Gasteiger charge is 2.62. The van der Waals surface area contributed by atoms with E-state index in [0.717, 1.165) is 19.3 Å². The van der Waals surface area contributed by atoms with Crippen LogP contribution >= 0.6 is 0 Å². The minimum atomic E-state index is -0.271. The number of nitrogens with two attached hydrogens (primary N) is 1. The van der Waals surface area contributed by atoms with Crippen molar-refractivity contribution in [2.75, 3.05) is 20.3 Å². The lowest BCUT2D eigenvalue weighted by Gasteiger charge is -2.57. The van der Waals surface area contributed by atoms with Crippen LogP contribution in [0.3, 0.4) is 0 Å². The van der Waals surface area contributed by atoms with E-state index in [1.165, 1.54) is 7.11 Å². The van der Waals surface area contributed by atoms with Crippen molar-refractivity contribution in [2.24, 2.45) is 11.1 Å². The molecule has 0 atom stereocenters. The summed E-state index contributed by atoms with van der Waals surface area (Å²) in [5, 5.41) is 0. The molecule has 0 spiro atoms. The van der Waals surface area contributed by atoms with Crippen LogP contribution in [0.5, 0.6) is 0 Å². The molecule has 0 aromatic heterocycles. The van der Waals surface area contributed by atoms with E-state index in [4.69, 9.17) is 15.2 Å². The van der Waals surface area contributed by atoms with Gasteiger partial charge in [0.25, 0.3) is 0 Å². The van der Waals surface area contributed by atoms with E-state index in [1.807, 2.05) is 0 Å². The van der Waals surface area contributed by atoms with E-state index in [-0.39, 0.29) is 17.0 Å². The van der Waals surface area contributed by atoms with Gasteiger partial charge in [-0.15, -0.1) is 0 Å². The zero-order valence-electron chi connectivity index (χ0n) is 7.84. The second kappa shape index (κ2) is 2.69. The van der Waals surface area contributed by atoms with Crippen molar-refractivity contribution in [3.63, 3.8) is 0 Å². The number of carbonyl (C=O) groups excluding carboxylic acids is 1. The molecule has 2 saturated heterocycles. The summed E-state index contributed by atoms with van der Waals surface area (Å²) >= 11 is 0. The number of carbonyl (C=O) groups is 1. The highest BCUT2D eigenvalue weighted by molar-refractivity contribution is 5.78. The maximum absolute atomic E-state index is 11.5. The highest BCUT2D eigenvalue weighted by atomic mass is 16.5. The molecular formula is C9H15NO3. The molecule has 0 aromatic rings. The van der Waals surface area contributed by atoms with E-state index >= 15 is 0 Å². The van der Waals surface area contributed by atoms with Crippen molar-refractivity contribution < 1.29 is 14.3 Å². The van der Waals surface area contributed by atoms with Crippen molar-refractivity contribution in [3.05, 3.63) is 0 Å². The topological polar surface area (TPSA) is 61.5 Å². The van der Waals surface area contributed by atoms with Gasteiger partial charge in [0, 0.05) is 13.2 Å². The molecule has 2 heterocycles. The minimum Gasteiger partial charge on any atom is -0.469 e. The molecule has 0 amide bonds. The number of hydrogen-bond acceptors (Lipinski definition) is 4. The third kappa shape index (κ3) is 1.09. The Morgan fingerprint density at radius 3 is 2.85 bits per heavy atom. The summed E-state index contributed by atoms with van der Waals surface area (Å²) in [5.74, 6) is -0.0973. The van der Waals surface area contributed by atoms with Gasteiger partial charge < -0.3 is 15.2 Å². The van der Waals surface area contributed by atoms with Crippen molar-refractivity contribution in [2.45, 2.75) is 24.9 Å². The molecule has 4 heteroatoms. The van der Waals surface area contributed by atoms with Crippen LogP contribution in [0.2, 0.25) is 0 Å². The quantitative estimate of drug-likeness (QED) is 0.618. The molecule has 2 bridgehead atoms. The fourth-order valence-electron chi connectivity index (χ4n) is 2.59. The van der Waals surface area contributed by atoms with Gasteiger partial charge in [0.05, 0.1) is 18.1 Å². The predicted octanol–water partition coefficient (Wildman–Crippen LogP) is 0.0574. The Morgan fingerprint density at radius 2 is 2.31 bits per heavy atom. The van der Waals surface area contributed by atoms with Crippen molar-refractivity contribution in [1.29, 1.82) is 0 Å². The first kappa shape index (κ1) is 8.97. The molecule has 3 fully saturated rings. The summed E-state index contributed by atoms with van der Waals surface area (Å²) in [6.45, 7) is 1.14. The molecular weight excluding hydrogens is 170 g/mol. The zero-order chi connectivity index (χ0) is 9.53. The third-order valence-electron chi connectivity index (χ3n) is 3.30. The summed E-state index contributed by atoms with van der Waals surface area (Å²) < 4.78 is 10.4. The molecule has 3 aliphatic rings. The molecule has 4 nitrogen and oxygen atoms in total. The van der Waals surface area contributed by atoms with Gasteiger partial charge >= 0.3 is 5.97 Å². The lowest BCUT2D eigenvalue weighted by atomic mass is 9.56. The first-order valence-electron chi connectivity index (χ1n) is 4.59. The Hall–Kier alpha value is -0.610. The smallest absolute Gasteiger partial charge is 0.312 e. The van der Waals surface area contributed by atoms with E-state index in [9.17, 15) is 4.79 Å². The van der Waals surface area contributed by atoms with Crippen LogP contribution in [0.1, 0.15) is 19.3 Å². The summed E-state index contributed by atoms with van der Waals surface area (Å²) in [7, 11) is 1.44. The molecule has 0 aromatic carbocycles. The van der Waals surface area contributed by atoms with Crippen LogP contribution < -0.4 is 5.73 Å². The van der Waals surface area contributed by atoms with Crippen LogP contribution in [0.15, 0.2) is 0 Å². The van der Waals surface area contributed by atoms with E-state index in [0.29, 0.717) is 13.2 Å². The van der Waals surface area contributed by atoms with Crippen molar-refractivity contribution in [1.82, 2.24) is 0 Å². The fourth-order valence-corrected chi connectivity index (χ4v) is 2.59. The number of methoxy groups -OCH3 is 1. The Kier molecular flexibility index (Phi) is 1.85. The van der Waals surface area contributed by atoms with Crippen LogP contribution in [-0.2, 0) is 14.3 Å². The lowest BCUT2D eigenvalue weighted by Crippen LogP contribution is -2.64. The van der Waals surface area contributed by atoms with E-state index < -0.39 is 0 Å². The maximum Gasteiger partial charge on any atom is 0.312 e. The fraction of sp³-hybridized carbons (Fsp3) is 0.889. The Morgan fingerprint density at radius 1 is 1.62 bits per heavy atom. The maximum atomic E-state index is 11.5. The first-order chi connectivity index (χ1) is 6.16. The van der Waals surface area contributed by atoms with Gasteiger partial charge in [0.15, 0.2) is 0 Å². The zero-order valence-corrected chi connectivity index (χ0v) is 7.84. The lowest BCUT2D eigenvalue weighted by molar-refractivity contribution is -0.230. The molecule has 1 aliphatic carbocycles. The van der Waals surface area contributed by atoms with Gasteiger partial charge in [-0.2, -0.15) is 0 Å².